The van der Waals surface area contributed by atoms with E-state index < -0.39 is 0 Å². The van der Waals surface area contributed by atoms with Crippen LogP contribution in [-0.4, -0.2) is 10.6 Å². The van der Waals surface area contributed by atoms with E-state index in [0.29, 0.717) is 6.61 Å². The van der Waals surface area contributed by atoms with Gasteiger partial charge in [-0.1, -0.05) is 6.07 Å². The molecule has 1 aromatic heterocycles. The number of rotatable bonds is 3. The molecule has 0 radical (unpaired) electrons. The fourth-order valence-corrected chi connectivity index (χ4v) is 2.99. The highest BCUT2D eigenvalue weighted by Crippen LogP contribution is 2.40. The Hall–Kier alpha value is -1.59. The summed E-state index contributed by atoms with van der Waals surface area (Å²) in [4.78, 5) is 4.20. The van der Waals surface area contributed by atoms with Gasteiger partial charge in [0, 0.05) is 29.5 Å². The highest BCUT2D eigenvalue weighted by Gasteiger charge is 2.31. The fraction of sp³-hybridized carbons (Fsp3) is 0.400. The third-order valence-electron chi connectivity index (χ3n) is 3.35. The molecule has 2 heterocycles. The molecule has 0 saturated heterocycles. The normalized spacial score (nSPS) is 20.1. The number of hydrogen-bond acceptors (Lipinski definition) is 5. The fourth-order valence-electron chi connectivity index (χ4n) is 2.44. The summed E-state index contributed by atoms with van der Waals surface area (Å²) < 4.78 is 11.7. The van der Waals surface area contributed by atoms with Crippen LogP contribution in [0.25, 0.3) is 0 Å². The van der Waals surface area contributed by atoms with E-state index in [1.165, 1.54) is 0 Å². The number of aromatic nitrogens is 1. The van der Waals surface area contributed by atoms with E-state index in [1.54, 1.807) is 16.8 Å². The Morgan fingerprint density at radius 1 is 1.50 bits per heavy atom. The topological polar surface area (TPSA) is 57.4 Å². The Kier molecular flexibility index (Phi) is 3.40. The maximum absolute atomic E-state index is 6.19. The Morgan fingerprint density at radius 2 is 2.35 bits per heavy atom. The molecular formula is C15H18N2O2S. The van der Waals surface area contributed by atoms with Crippen LogP contribution in [0.1, 0.15) is 37.6 Å². The van der Waals surface area contributed by atoms with Crippen molar-refractivity contribution < 1.29 is 9.47 Å². The van der Waals surface area contributed by atoms with E-state index in [9.17, 15) is 0 Å². The number of fused-ring (bicyclic) bond motifs is 1. The summed E-state index contributed by atoms with van der Waals surface area (Å²) in [6.07, 6.45) is 0.818. The number of ether oxygens (including phenoxy) is 2. The predicted octanol–water partition coefficient (Wildman–Crippen LogP) is 3.28. The molecule has 5 heteroatoms. The summed E-state index contributed by atoms with van der Waals surface area (Å²) in [5, 5.41) is 1.98. The van der Waals surface area contributed by atoms with Gasteiger partial charge in [0.15, 0.2) is 0 Å². The van der Waals surface area contributed by atoms with Crippen molar-refractivity contribution in [2.75, 3.05) is 0 Å². The highest BCUT2D eigenvalue weighted by molar-refractivity contribution is 7.07. The zero-order valence-corrected chi connectivity index (χ0v) is 12.4. The third kappa shape index (κ3) is 2.78. The van der Waals surface area contributed by atoms with Gasteiger partial charge in [-0.05, 0) is 19.9 Å². The summed E-state index contributed by atoms with van der Waals surface area (Å²) in [7, 11) is 0. The van der Waals surface area contributed by atoms with Crippen molar-refractivity contribution in [2.45, 2.75) is 38.5 Å². The van der Waals surface area contributed by atoms with Crippen molar-refractivity contribution in [1.29, 1.82) is 0 Å². The minimum atomic E-state index is -0.236. The second-order valence-electron chi connectivity index (χ2n) is 5.64. The molecule has 0 spiro atoms. The lowest BCUT2D eigenvalue weighted by Crippen LogP contribution is -2.37. The molecule has 1 aliphatic heterocycles. The number of benzene rings is 1. The summed E-state index contributed by atoms with van der Waals surface area (Å²) in [5.41, 5.74) is 9.74. The molecule has 1 atom stereocenters. The molecule has 0 fully saturated rings. The largest absolute Gasteiger partial charge is 0.487 e. The molecular weight excluding hydrogens is 272 g/mol. The molecule has 0 amide bonds. The van der Waals surface area contributed by atoms with Gasteiger partial charge in [0.05, 0.1) is 11.2 Å². The van der Waals surface area contributed by atoms with Gasteiger partial charge in [0.1, 0.15) is 23.7 Å². The molecule has 106 valence electrons. The third-order valence-corrected chi connectivity index (χ3v) is 3.99. The van der Waals surface area contributed by atoms with Gasteiger partial charge in [-0.3, -0.25) is 0 Å². The average molecular weight is 290 g/mol. The minimum Gasteiger partial charge on any atom is -0.487 e. The minimum absolute atomic E-state index is 0.0151. The van der Waals surface area contributed by atoms with E-state index in [0.717, 1.165) is 29.2 Å². The molecule has 2 N–H and O–H groups in total. The molecule has 0 bridgehead atoms. The zero-order chi connectivity index (χ0) is 14.2. The van der Waals surface area contributed by atoms with Crippen LogP contribution in [0.15, 0.2) is 29.1 Å². The van der Waals surface area contributed by atoms with Crippen molar-refractivity contribution in [3.63, 3.8) is 0 Å². The molecule has 0 saturated carbocycles. The Labute approximate surface area is 122 Å². The Morgan fingerprint density at radius 3 is 3.10 bits per heavy atom. The van der Waals surface area contributed by atoms with Crippen molar-refractivity contribution in [3.8, 4) is 11.5 Å². The molecule has 4 nitrogen and oxygen atoms in total. The number of hydrogen-bond donors (Lipinski definition) is 1. The maximum atomic E-state index is 6.19. The van der Waals surface area contributed by atoms with Crippen LogP contribution in [-0.2, 0) is 6.61 Å². The van der Waals surface area contributed by atoms with Crippen LogP contribution >= 0.6 is 11.3 Å². The van der Waals surface area contributed by atoms with Crippen molar-refractivity contribution in [1.82, 2.24) is 4.98 Å². The Balaban J connectivity index is 1.78. The first-order chi connectivity index (χ1) is 9.53. The van der Waals surface area contributed by atoms with Gasteiger partial charge >= 0.3 is 0 Å². The summed E-state index contributed by atoms with van der Waals surface area (Å²) >= 11 is 1.57. The van der Waals surface area contributed by atoms with Crippen LogP contribution in [0, 0.1) is 0 Å². The molecule has 20 heavy (non-hydrogen) atoms. The lowest BCUT2D eigenvalue weighted by Gasteiger charge is -2.36. The van der Waals surface area contributed by atoms with Gasteiger partial charge in [-0.15, -0.1) is 11.3 Å². The van der Waals surface area contributed by atoms with Crippen LogP contribution in [0.5, 0.6) is 11.5 Å². The molecule has 2 aromatic rings. The summed E-state index contributed by atoms with van der Waals surface area (Å²) in [6, 6.07) is 5.86. The van der Waals surface area contributed by atoms with Crippen molar-refractivity contribution in [2.24, 2.45) is 5.73 Å². The number of nitrogens with two attached hydrogens (primary N) is 1. The first kappa shape index (κ1) is 13.4. The van der Waals surface area contributed by atoms with E-state index in [1.807, 2.05) is 23.6 Å². The van der Waals surface area contributed by atoms with Gasteiger partial charge in [0.25, 0.3) is 0 Å². The van der Waals surface area contributed by atoms with Gasteiger partial charge in [-0.2, -0.15) is 0 Å². The molecule has 3 rings (SSSR count). The van der Waals surface area contributed by atoms with E-state index in [-0.39, 0.29) is 11.6 Å². The summed E-state index contributed by atoms with van der Waals surface area (Å²) in [6.45, 7) is 4.58. The molecule has 1 aromatic carbocycles. The predicted molar refractivity (Wildman–Crippen MR) is 79.1 cm³/mol. The van der Waals surface area contributed by atoms with Crippen LogP contribution in [0.3, 0.4) is 0 Å². The quantitative estimate of drug-likeness (QED) is 0.942. The lowest BCUT2D eigenvalue weighted by molar-refractivity contribution is 0.0724. The monoisotopic (exact) mass is 290 g/mol. The second kappa shape index (κ2) is 5.07. The molecule has 1 unspecified atom stereocenters. The first-order valence-electron chi connectivity index (χ1n) is 6.62. The first-order valence-corrected chi connectivity index (χ1v) is 7.56. The SMILES string of the molecule is CC1(C)CC(N)c2ccc(OCc3cscn3)cc2O1. The average Bonchev–Trinajstić information content (AvgIpc) is 2.87. The van der Waals surface area contributed by atoms with E-state index in [4.69, 9.17) is 15.2 Å². The molecule has 1 aliphatic rings. The highest BCUT2D eigenvalue weighted by atomic mass is 32.1. The van der Waals surface area contributed by atoms with Gasteiger partial charge in [0.2, 0.25) is 0 Å². The van der Waals surface area contributed by atoms with Crippen molar-refractivity contribution >= 4 is 11.3 Å². The van der Waals surface area contributed by atoms with Crippen molar-refractivity contribution in [3.05, 3.63) is 40.3 Å². The lowest BCUT2D eigenvalue weighted by atomic mass is 9.90. The van der Waals surface area contributed by atoms with Gasteiger partial charge in [-0.25, -0.2) is 4.98 Å². The Bertz CT molecular complexity index is 596. The van der Waals surface area contributed by atoms with E-state index in [2.05, 4.69) is 18.8 Å². The molecule has 0 aliphatic carbocycles. The standard InChI is InChI=1S/C15H18N2O2S/c1-15(2)6-13(16)12-4-3-11(5-14(12)19-15)18-7-10-8-20-9-17-10/h3-5,8-9,13H,6-7,16H2,1-2H3. The van der Waals surface area contributed by atoms with Crippen LogP contribution < -0.4 is 15.2 Å². The summed E-state index contributed by atoms with van der Waals surface area (Å²) in [5.74, 6) is 1.60. The smallest absolute Gasteiger partial charge is 0.131 e. The number of nitrogens with zero attached hydrogens (tertiary/aromatic N) is 1. The number of thiazole rings is 1. The van der Waals surface area contributed by atoms with E-state index >= 15 is 0 Å². The van der Waals surface area contributed by atoms with Crippen LogP contribution in [0.2, 0.25) is 0 Å². The maximum Gasteiger partial charge on any atom is 0.131 e. The van der Waals surface area contributed by atoms with Crippen LogP contribution in [0.4, 0.5) is 0 Å². The zero-order valence-electron chi connectivity index (χ0n) is 11.6. The second-order valence-corrected chi connectivity index (χ2v) is 6.36. The van der Waals surface area contributed by atoms with Gasteiger partial charge < -0.3 is 15.2 Å².